The molecule has 0 amide bonds. The first kappa shape index (κ1) is 15.4. The van der Waals surface area contributed by atoms with Crippen molar-refractivity contribution < 1.29 is 14.6 Å². The minimum atomic E-state index is -1.36. The van der Waals surface area contributed by atoms with E-state index in [9.17, 15) is 4.79 Å². The Bertz CT molecular complexity index is 930. The number of rotatable bonds is 4. The highest BCUT2D eigenvalue weighted by molar-refractivity contribution is 5.79. The van der Waals surface area contributed by atoms with Crippen LogP contribution in [0.1, 0.15) is 17.0 Å². The minimum absolute atomic E-state index is 0.228. The van der Waals surface area contributed by atoms with Gasteiger partial charge in [-0.2, -0.15) is 5.26 Å². The minimum Gasteiger partial charge on any atom is -0.449 e. The number of hydrogen-bond acceptors (Lipinski definition) is 5. The van der Waals surface area contributed by atoms with Crippen LogP contribution in [0.3, 0.4) is 0 Å². The van der Waals surface area contributed by atoms with E-state index in [0.29, 0.717) is 23.3 Å². The highest BCUT2D eigenvalue weighted by Gasteiger charge is 2.05. The predicted octanol–water partition coefficient (Wildman–Crippen LogP) is 3.34. The standard InChI is InChI=1S/C18H13N3O3/c19-10-13-3-1-12(2-4-13)5-8-17-20-11-14-6-7-15(24-18(22)23)9-16(14)21-17/h1-4,6-7,9,11H,5,8H2,(H,22,23). The Hall–Kier alpha value is -3.46. The predicted molar refractivity (Wildman–Crippen MR) is 86.8 cm³/mol. The fourth-order valence-electron chi connectivity index (χ4n) is 2.33. The number of fused-ring (bicyclic) bond motifs is 1. The van der Waals surface area contributed by atoms with Gasteiger partial charge in [0.25, 0.3) is 0 Å². The van der Waals surface area contributed by atoms with Gasteiger partial charge in [0, 0.05) is 24.1 Å². The van der Waals surface area contributed by atoms with Crippen LogP contribution in [0, 0.1) is 11.3 Å². The number of carboxylic acid groups (broad SMARTS) is 1. The third kappa shape index (κ3) is 3.65. The molecule has 0 bridgehead atoms. The van der Waals surface area contributed by atoms with Gasteiger partial charge < -0.3 is 9.84 Å². The molecule has 3 aromatic rings. The van der Waals surface area contributed by atoms with E-state index in [1.807, 2.05) is 12.1 Å². The van der Waals surface area contributed by atoms with Crippen LogP contribution in [0.25, 0.3) is 10.9 Å². The summed E-state index contributed by atoms with van der Waals surface area (Å²) in [6, 6.07) is 14.4. The van der Waals surface area contributed by atoms with Crippen LogP contribution in [-0.4, -0.2) is 21.2 Å². The summed E-state index contributed by atoms with van der Waals surface area (Å²) in [5.74, 6) is 0.895. The van der Waals surface area contributed by atoms with E-state index < -0.39 is 6.16 Å². The molecule has 0 aliphatic rings. The smallest absolute Gasteiger partial charge is 0.449 e. The van der Waals surface area contributed by atoms with Gasteiger partial charge in [0.1, 0.15) is 11.6 Å². The lowest BCUT2D eigenvalue weighted by Crippen LogP contribution is -2.03. The van der Waals surface area contributed by atoms with Crippen molar-refractivity contribution in [3.8, 4) is 11.8 Å². The van der Waals surface area contributed by atoms with Crippen LogP contribution in [-0.2, 0) is 12.8 Å². The fourth-order valence-corrected chi connectivity index (χ4v) is 2.33. The number of aryl methyl sites for hydroxylation is 2. The fraction of sp³-hybridized carbons (Fsp3) is 0.111. The van der Waals surface area contributed by atoms with Crippen LogP contribution in [0.4, 0.5) is 4.79 Å². The van der Waals surface area contributed by atoms with Crippen molar-refractivity contribution in [2.24, 2.45) is 0 Å². The number of ether oxygens (including phenoxy) is 1. The molecule has 0 radical (unpaired) electrons. The zero-order valence-corrected chi connectivity index (χ0v) is 12.6. The quantitative estimate of drug-likeness (QED) is 0.585. The molecule has 0 spiro atoms. The molecule has 2 aromatic carbocycles. The first-order valence-electron chi connectivity index (χ1n) is 7.29. The van der Waals surface area contributed by atoms with Gasteiger partial charge >= 0.3 is 6.16 Å². The lowest BCUT2D eigenvalue weighted by atomic mass is 10.1. The topological polar surface area (TPSA) is 96.1 Å². The first-order valence-corrected chi connectivity index (χ1v) is 7.29. The molecule has 3 rings (SSSR count). The maximum absolute atomic E-state index is 10.6. The van der Waals surface area contributed by atoms with Crippen molar-refractivity contribution in [3.63, 3.8) is 0 Å². The molecular weight excluding hydrogens is 306 g/mol. The van der Waals surface area contributed by atoms with E-state index in [2.05, 4.69) is 20.8 Å². The van der Waals surface area contributed by atoms with Gasteiger partial charge in [-0.15, -0.1) is 0 Å². The maximum Gasteiger partial charge on any atom is 0.511 e. The number of benzene rings is 2. The number of aromatic nitrogens is 2. The van der Waals surface area contributed by atoms with Crippen LogP contribution in [0.15, 0.2) is 48.7 Å². The average Bonchev–Trinajstić information content (AvgIpc) is 2.59. The molecule has 24 heavy (non-hydrogen) atoms. The first-order chi connectivity index (χ1) is 11.6. The molecule has 1 N–H and O–H groups in total. The Balaban J connectivity index is 1.76. The van der Waals surface area contributed by atoms with Gasteiger partial charge in [-0.1, -0.05) is 12.1 Å². The molecular formula is C18H13N3O3. The number of hydrogen-bond donors (Lipinski definition) is 1. The van der Waals surface area contributed by atoms with E-state index in [1.54, 1.807) is 36.5 Å². The number of nitriles is 1. The van der Waals surface area contributed by atoms with Crippen molar-refractivity contribution >= 4 is 17.1 Å². The highest BCUT2D eigenvalue weighted by atomic mass is 16.7. The third-order valence-corrected chi connectivity index (χ3v) is 3.53. The Morgan fingerprint density at radius 3 is 2.67 bits per heavy atom. The second-order valence-electron chi connectivity index (χ2n) is 5.18. The van der Waals surface area contributed by atoms with Gasteiger partial charge in [0.05, 0.1) is 17.1 Å². The van der Waals surface area contributed by atoms with Crippen LogP contribution in [0.2, 0.25) is 0 Å². The summed E-state index contributed by atoms with van der Waals surface area (Å²) >= 11 is 0. The van der Waals surface area contributed by atoms with Gasteiger partial charge in [-0.3, -0.25) is 0 Å². The van der Waals surface area contributed by atoms with Crippen LogP contribution < -0.4 is 4.74 Å². The van der Waals surface area contributed by atoms with Crippen molar-refractivity contribution in [1.29, 1.82) is 5.26 Å². The largest absolute Gasteiger partial charge is 0.511 e. The summed E-state index contributed by atoms with van der Waals surface area (Å²) in [5.41, 5.74) is 2.37. The van der Waals surface area contributed by atoms with E-state index in [0.717, 1.165) is 17.4 Å². The Morgan fingerprint density at radius 1 is 1.17 bits per heavy atom. The van der Waals surface area contributed by atoms with Gasteiger partial charge in [-0.05, 0) is 36.2 Å². The van der Waals surface area contributed by atoms with Crippen molar-refractivity contribution in [2.45, 2.75) is 12.8 Å². The van der Waals surface area contributed by atoms with Crippen molar-refractivity contribution in [2.75, 3.05) is 0 Å². The van der Waals surface area contributed by atoms with E-state index in [1.165, 1.54) is 0 Å². The average molecular weight is 319 g/mol. The molecule has 0 aliphatic carbocycles. The highest BCUT2D eigenvalue weighted by Crippen LogP contribution is 2.19. The number of nitrogens with zero attached hydrogens (tertiary/aromatic N) is 3. The Kier molecular flexibility index (Phi) is 4.34. The molecule has 1 aromatic heterocycles. The van der Waals surface area contributed by atoms with E-state index in [-0.39, 0.29) is 5.75 Å². The maximum atomic E-state index is 10.6. The Morgan fingerprint density at radius 2 is 1.96 bits per heavy atom. The molecule has 0 saturated heterocycles. The van der Waals surface area contributed by atoms with Gasteiger partial charge in [0.2, 0.25) is 0 Å². The van der Waals surface area contributed by atoms with Crippen molar-refractivity contribution in [1.82, 2.24) is 9.97 Å². The second kappa shape index (κ2) is 6.75. The normalized spacial score (nSPS) is 10.3. The summed E-state index contributed by atoms with van der Waals surface area (Å²) in [6.45, 7) is 0. The molecule has 0 aliphatic heterocycles. The van der Waals surface area contributed by atoms with Crippen molar-refractivity contribution in [3.05, 3.63) is 65.6 Å². The third-order valence-electron chi connectivity index (χ3n) is 3.53. The second-order valence-corrected chi connectivity index (χ2v) is 5.18. The lowest BCUT2D eigenvalue weighted by molar-refractivity contribution is 0.144. The summed E-state index contributed by atoms with van der Waals surface area (Å²) < 4.78 is 4.64. The van der Waals surface area contributed by atoms with Gasteiger partial charge in [-0.25, -0.2) is 14.8 Å². The molecule has 0 atom stereocenters. The zero-order chi connectivity index (χ0) is 16.9. The molecule has 0 saturated carbocycles. The molecule has 6 heteroatoms. The Labute approximate surface area is 138 Å². The summed E-state index contributed by atoms with van der Waals surface area (Å²) in [5, 5.41) is 18.3. The van der Waals surface area contributed by atoms with Crippen LogP contribution in [0.5, 0.6) is 5.75 Å². The molecule has 6 nitrogen and oxygen atoms in total. The SMILES string of the molecule is N#Cc1ccc(CCc2ncc3ccc(OC(=O)O)cc3n2)cc1. The molecule has 118 valence electrons. The molecule has 0 fully saturated rings. The number of carbonyl (C=O) groups is 1. The lowest BCUT2D eigenvalue weighted by Gasteiger charge is -2.05. The van der Waals surface area contributed by atoms with E-state index >= 15 is 0 Å². The summed E-state index contributed by atoms with van der Waals surface area (Å²) in [4.78, 5) is 19.4. The van der Waals surface area contributed by atoms with Gasteiger partial charge in [0.15, 0.2) is 0 Å². The van der Waals surface area contributed by atoms with Crippen LogP contribution >= 0.6 is 0 Å². The summed E-state index contributed by atoms with van der Waals surface area (Å²) in [7, 11) is 0. The zero-order valence-electron chi connectivity index (χ0n) is 12.6. The van der Waals surface area contributed by atoms with E-state index in [4.69, 9.17) is 10.4 Å². The molecule has 0 unspecified atom stereocenters. The summed E-state index contributed by atoms with van der Waals surface area (Å²) in [6.07, 6.45) is 1.75. The monoisotopic (exact) mass is 319 g/mol. The molecule has 1 heterocycles.